The van der Waals surface area contributed by atoms with Crippen molar-refractivity contribution >= 4 is 29.0 Å². The molecule has 0 spiro atoms. The number of hydrogen-bond acceptors (Lipinski definition) is 2. The van der Waals surface area contributed by atoms with Crippen LogP contribution < -0.4 is 0 Å². The second kappa shape index (κ2) is 6.53. The van der Waals surface area contributed by atoms with Gasteiger partial charge in [0.1, 0.15) is 0 Å². The van der Waals surface area contributed by atoms with Crippen molar-refractivity contribution in [1.82, 2.24) is 0 Å². The van der Waals surface area contributed by atoms with E-state index in [-0.39, 0.29) is 0 Å². The van der Waals surface area contributed by atoms with Crippen molar-refractivity contribution < 1.29 is 9.90 Å². The summed E-state index contributed by atoms with van der Waals surface area (Å²) in [6, 6.07) is 11.8. The SMILES string of the molecule is CC(C)Cc1ccc(/C=C(/C(=O)O)c2cccs2)cc1. The van der Waals surface area contributed by atoms with E-state index >= 15 is 0 Å². The summed E-state index contributed by atoms with van der Waals surface area (Å²) in [5.74, 6) is -0.268. The molecule has 1 heterocycles. The molecule has 20 heavy (non-hydrogen) atoms. The maximum atomic E-state index is 11.4. The summed E-state index contributed by atoms with van der Waals surface area (Å²) in [4.78, 5) is 12.1. The van der Waals surface area contributed by atoms with Crippen LogP contribution in [0.5, 0.6) is 0 Å². The van der Waals surface area contributed by atoms with Gasteiger partial charge < -0.3 is 5.11 Å². The lowest BCUT2D eigenvalue weighted by Gasteiger charge is -2.05. The molecule has 0 aliphatic rings. The summed E-state index contributed by atoms with van der Waals surface area (Å²) < 4.78 is 0. The van der Waals surface area contributed by atoms with Crippen LogP contribution in [0, 0.1) is 5.92 Å². The Balaban J connectivity index is 2.26. The Labute approximate surface area is 123 Å². The lowest BCUT2D eigenvalue weighted by Crippen LogP contribution is -1.98. The van der Waals surface area contributed by atoms with Gasteiger partial charge in [-0.2, -0.15) is 0 Å². The number of carboxylic acid groups (broad SMARTS) is 1. The van der Waals surface area contributed by atoms with E-state index in [1.807, 2.05) is 29.6 Å². The number of benzene rings is 1. The highest BCUT2D eigenvalue weighted by Crippen LogP contribution is 2.23. The van der Waals surface area contributed by atoms with Crippen molar-refractivity contribution in [1.29, 1.82) is 0 Å². The number of hydrogen-bond donors (Lipinski definition) is 1. The van der Waals surface area contributed by atoms with Crippen LogP contribution in [0.4, 0.5) is 0 Å². The molecule has 0 saturated heterocycles. The third kappa shape index (κ3) is 3.81. The Bertz CT molecular complexity index is 592. The summed E-state index contributed by atoms with van der Waals surface area (Å²) in [5.41, 5.74) is 2.55. The summed E-state index contributed by atoms with van der Waals surface area (Å²) >= 11 is 1.44. The van der Waals surface area contributed by atoms with Crippen LogP contribution in [0.25, 0.3) is 11.6 Å². The van der Waals surface area contributed by atoms with Gasteiger partial charge in [0.25, 0.3) is 0 Å². The molecule has 0 fully saturated rings. The van der Waals surface area contributed by atoms with Crippen LogP contribution in [0.2, 0.25) is 0 Å². The topological polar surface area (TPSA) is 37.3 Å². The molecule has 0 radical (unpaired) electrons. The number of thiophene rings is 1. The molecule has 2 aromatic rings. The minimum absolute atomic E-state index is 0.344. The predicted molar refractivity (Wildman–Crippen MR) is 84.8 cm³/mol. The first-order valence-electron chi connectivity index (χ1n) is 6.64. The third-order valence-corrected chi connectivity index (χ3v) is 3.85. The Morgan fingerprint density at radius 1 is 1.25 bits per heavy atom. The minimum Gasteiger partial charge on any atom is -0.478 e. The van der Waals surface area contributed by atoms with Gasteiger partial charge in [-0.15, -0.1) is 11.3 Å². The van der Waals surface area contributed by atoms with Gasteiger partial charge >= 0.3 is 5.97 Å². The van der Waals surface area contributed by atoms with E-state index in [0.29, 0.717) is 11.5 Å². The van der Waals surface area contributed by atoms with Crippen LogP contribution in [0.1, 0.15) is 29.9 Å². The van der Waals surface area contributed by atoms with Gasteiger partial charge in [-0.05, 0) is 41.0 Å². The van der Waals surface area contributed by atoms with Crippen molar-refractivity contribution in [3.05, 3.63) is 57.8 Å². The first-order valence-corrected chi connectivity index (χ1v) is 7.52. The summed E-state index contributed by atoms with van der Waals surface area (Å²) in [6.07, 6.45) is 2.77. The molecule has 2 nitrogen and oxygen atoms in total. The summed E-state index contributed by atoms with van der Waals surface area (Å²) in [7, 11) is 0. The molecule has 1 aromatic carbocycles. The zero-order chi connectivity index (χ0) is 14.5. The van der Waals surface area contributed by atoms with E-state index in [1.54, 1.807) is 6.08 Å². The maximum absolute atomic E-state index is 11.4. The van der Waals surface area contributed by atoms with E-state index in [2.05, 4.69) is 26.0 Å². The molecule has 0 aliphatic carbocycles. The minimum atomic E-state index is -0.890. The van der Waals surface area contributed by atoms with Crippen LogP contribution in [0.15, 0.2) is 41.8 Å². The standard InChI is InChI=1S/C17H18O2S/c1-12(2)10-13-5-7-14(8-6-13)11-15(17(18)19)16-4-3-9-20-16/h3-9,11-12H,10H2,1-2H3,(H,18,19)/b15-11+. The highest BCUT2D eigenvalue weighted by molar-refractivity contribution is 7.11. The van der Waals surface area contributed by atoms with Crippen molar-refractivity contribution in [2.45, 2.75) is 20.3 Å². The molecule has 0 bridgehead atoms. The fourth-order valence-corrected chi connectivity index (χ4v) is 2.79. The number of rotatable bonds is 5. The normalized spacial score (nSPS) is 11.8. The summed E-state index contributed by atoms with van der Waals surface area (Å²) in [6.45, 7) is 4.38. The highest BCUT2D eigenvalue weighted by Gasteiger charge is 2.11. The van der Waals surface area contributed by atoms with E-state index in [9.17, 15) is 9.90 Å². The van der Waals surface area contributed by atoms with Crippen molar-refractivity contribution in [3.8, 4) is 0 Å². The zero-order valence-corrected chi connectivity index (χ0v) is 12.5. The molecule has 0 atom stereocenters. The fraction of sp³-hybridized carbons (Fsp3) is 0.235. The lowest BCUT2D eigenvalue weighted by atomic mass is 10.0. The van der Waals surface area contributed by atoms with Gasteiger partial charge in [0.2, 0.25) is 0 Å². The fourth-order valence-electron chi connectivity index (χ4n) is 2.06. The van der Waals surface area contributed by atoms with Crippen molar-refractivity contribution in [2.75, 3.05) is 0 Å². The quantitative estimate of drug-likeness (QED) is 0.817. The Morgan fingerprint density at radius 3 is 2.45 bits per heavy atom. The molecule has 1 aromatic heterocycles. The molecule has 0 unspecified atom stereocenters. The van der Waals surface area contributed by atoms with E-state index in [1.165, 1.54) is 16.9 Å². The molecule has 0 aliphatic heterocycles. The summed E-state index contributed by atoms with van der Waals surface area (Å²) in [5, 5.41) is 11.2. The Hall–Kier alpha value is -1.87. The second-order valence-electron chi connectivity index (χ2n) is 5.18. The third-order valence-electron chi connectivity index (χ3n) is 2.95. The van der Waals surface area contributed by atoms with Gasteiger partial charge in [0.15, 0.2) is 0 Å². The molecule has 0 saturated carbocycles. The first-order chi connectivity index (χ1) is 9.56. The molecule has 0 amide bonds. The first kappa shape index (κ1) is 14.5. The van der Waals surface area contributed by atoms with Crippen LogP contribution in [-0.2, 0) is 11.2 Å². The molecule has 1 N–H and O–H groups in total. The molecule has 3 heteroatoms. The average molecular weight is 286 g/mol. The maximum Gasteiger partial charge on any atom is 0.337 e. The van der Waals surface area contributed by atoms with Crippen LogP contribution in [0.3, 0.4) is 0 Å². The lowest BCUT2D eigenvalue weighted by molar-refractivity contribution is -0.130. The average Bonchev–Trinajstić information content (AvgIpc) is 2.90. The van der Waals surface area contributed by atoms with Gasteiger partial charge in [0, 0.05) is 4.88 Å². The molecule has 104 valence electrons. The van der Waals surface area contributed by atoms with Gasteiger partial charge in [-0.3, -0.25) is 0 Å². The van der Waals surface area contributed by atoms with Gasteiger partial charge in [-0.1, -0.05) is 44.2 Å². The van der Waals surface area contributed by atoms with Crippen LogP contribution in [-0.4, -0.2) is 11.1 Å². The monoisotopic (exact) mass is 286 g/mol. The largest absolute Gasteiger partial charge is 0.478 e. The molecular weight excluding hydrogens is 268 g/mol. The smallest absolute Gasteiger partial charge is 0.337 e. The van der Waals surface area contributed by atoms with Crippen molar-refractivity contribution in [2.24, 2.45) is 5.92 Å². The van der Waals surface area contributed by atoms with Crippen LogP contribution >= 0.6 is 11.3 Å². The zero-order valence-electron chi connectivity index (χ0n) is 11.7. The number of carbonyl (C=O) groups is 1. The molecular formula is C17H18O2S. The number of aliphatic carboxylic acids is 1. The molecule has 2 rings (SSSR count). The predicted octanol–water partition coefficient (Wildman–Crippen LogP) is 4.57. The van der Waals surface area contributed by atoms with E-state index in [0.717, 1.165) is 16.9 Å². The van der Waals surface area contributed by atoms with Gasteiger partial charge in [0.05, 0.1) is 5.57 Å². The Kier molecular flexibility index (Phi) is 4.74. The number of carboxylic acids is 1. The van der Waals surface area contributed by atoms with Gasteiger partial charge in [-0.25, -0.2) is 4.79 Å². The van der Waals surface area contributed by atoms with Crippen molar-refractivity contribution in [3.63, 3.8) is 0 Å². The van der Waals surface area contributed by atoms with E-state index in [4.69, 9.17) is 0 Å². The Morgan fingerprint density at radius 2 is 1.95 bits per heavy atom. The van der Waals surface area contributed by atoms with E-state index < -0.39 is 5.97 Å². The second-order valence-corrected chi connectivity index (χ2v) is 6.13. The highest BCUT2D eigenvalue weighted by atomic mass is 32.1.